The second kappa shape index (κ2) is 6.88. The third-order valence-electron chi connectivity index (χ3n) is 3.23. The molecule has 0 aliphatic carbocycles. The Morgan fingerprint density at radius 1 is 1.45 bits per heavy atom. The lowest BCUT2D eigenvalue weighted by atomic mass is 10.0. The van der Waals surface area contributed by atoms with E-state index in [1.54, 1.807) is 36.4 Å². The molecule has 6 heteroatoms. The molecule has 1 aliphatic heterocycles. The van der Waals surface area contributed by atoms with Crippen LogP contribution < -0.4 is 5.32 Å². The molecule has 0 bridgehead atoms. The summed E-state index contributed by atoms with van der Waals surface area (Å²) in [7, 11) is 0. The lowest BCUT2D eigenvalue weighted by Gasteiger charge is -2.33. The highest BCUT2D eigenvalue weighted by atomic mass is 16.5. The van der Waals surface area contributed by atoms with E-state index in [2.05, 4.69) is 10.3 Å². The molecule has 108 valence electrons. The minimum atomic E-state index is -0.421. The quantitative estimate of drug-likeness (QED) is 0.907. The van der Waals surface area contributed by atoms with Gasteiger partial charge in [-0.3, -0.25) is 9.78 Å². The number of rotatable bonds is 3. The van der Waals surface area contributed by atoms with Gasteiger partial charge in [-0.25, -0.2) is 4.79 Å². The van der Waals surface area contributed by atoms with Gasteiger partial charge in [-0.1, -0.05) is 0 Å². The number of hydrogen-bond donors (Lipinski definition) is 1. The maximum absolute atomic E-state index is 12.3. The van der Waals surface area contributed by atoms with Crippen molar-refractivity contribution in [2.45, 2.75) is 25.8 Å². The third-order valence-corrected chi connectivity index (χ3v) is 3.23. The van der Waals surface area contributed by atoms with Crippen molar-refractivity contribution >= 4 is 12.0 Å². The molecule has 20 heavy (non-hydrogen) atoms. The molecule has 1 atom stereocenters. The summed E-state index contributed by atoms with van der Waals surface area (Å²) < 4.78 is 4.86. The van der Waals surface area contributed by atoms with Crippen LogP contribution in [0.25, 0.3) is 0 Å². The fourth-order valence-corrected chi connectivity index (χ4v) is 2.30. The van der Waals surface area contributed by atoms with Gasteiger partial charge in [0.2, 0.25) is 0 Å². The molecule has 0 saturated carbocycles. The van der Waals surface area contributed by atoms with E-state index < -0.39 is 6.09 Å². The van der Waals surface area contributed by atoms with Crippen LogP contribution in [0.5, 0.6) is 0 Å². The average molecular weight is 277 g/mol. The van der Waals surface area contributed by atoms with Gasteiger partial charge in [0.05, 0.1) is 6.61 Å². The van der Waals surface area contributed by atoms with Crippen LogP contribution in [0.3, 0.4) is 0 Å². The predicted octanol–water partition coefficient (Wildman–Crippen LogP) is 1.43. The molecule has 6 nitrogen and oxygen atoms in total. The summed E-state index contributed by atoms with van der Waals surface area (Å²) in [5, 5.41) is 2.79. The van der Waals surface area contributed by atoms with Gasteiger partial charge < -0.3 is 15.0 Å². The van der Waals surface area contributed by atoms with Gasteiger partial charge in [0.15, 0.2) is 0 Å². The molecule has 2 heterocycles. The van der Waals surface area contributed by atoms with E-state index in [1.807, 2.05) is 0 Å². The lowest BCUT2D eigenvalue weighted by Crippen LogP contribution is -2.49. The molecule has 2 amide bonds. The normalized spacial score (nSPS) is 18.4. The van der Waals surface area contributed by atoms with Gasteiger partial charge in [0, 0.05) is 37.1 Å². The van der Waals surface area contributed by atoms with Gasteiger partial charge in [0.25, 0.3) is 5.91 Å². The van der Waals surface area contributed by atoms with Gasteiger partial charge >= 0.3 is 6.09 Å². The van der Waals surface area contributed by atoms with Crippen LogP contribution in [-0.4, -0.2) is 47.6 Å². The Kier molecular flexibility index (Phi) is 4.92. The Balaban J connectivity index is 1.93. The van der Waals surface area contributed by atoms with E-state index >= 15 is 0 Å². The summed E-state index contributed by atoms with van der Waals surface area (Å²) in [6.45, 7) is 3.33. The van der Waals surface area contributed by atoms with Crippen LogP contribution in [0.2, 0.25) is 0 Å². The fraction of sp³-hybridized carbons (Fsp3) is 0.500. The molecule has 2 rings (SSSR count). The second-order valence-corrected chi connectivity index (χ2v) is 4.69. The Morgan fingerprint density at radius 3 is 2.90 bits per heavy atom. The zero-order chi connectivity index (χ0) is 14.4. The summed E-state index contributed by atoms with van der Waals surface area (Å²) in [6, 6.07) is 3.35. The van der Waals surface area contributed by atoms with Gasteiger partial charge in [0.1, 0.15) is 0 Å². The molecular weight excluding hydrogens is 258 g/mol. The first-order valence-electron chi connectivity index (χ1n) is 6.83. The van der Waals surface area contributed by atoms with Crippen molar-refractivity contribution in [2.24, 2.45) is 0 Å². The number of carbonyl (C=O) groups excluding carboxylic acids is 2. The molecule has 1 aromatic rings. The van der Waals surface area contributed by atoms with Gasteiger partial charge in [-0.15, -0.1) is 0 Å². The maximum atomic E-state index is 12.3. The third kappa shape index (κ3) is 3.69. The summed E-state index contributed by atoms with van der Waals surface area (Å²) in [4.78, 5) is 29.4. The first-order chi connectivity index (χ1) is 9.70. The number of nitrogens with one attached hydrogen (secondary N) is 1. The highest BCUT2D eigenvalue weighted by Crippen LogP contribution is 2.13. The maximum Gasteiger partial charge on any atom is 0.407 e. The molecule has 1 aromatic heterocycles. The number of amides is 2. The Hall–Kier alpha value is -2.11. The van der Waals surface area contributed by atoms with Crippen LogP contribution in [0.1, 0.15) is 30.1 Å². The number of nitrogens with zero attached hydrogens (tertiary/aromatic N) is 2. The molecule has 0 unspecified atom stereocenters. The van der Waals surface area contributed by atoms with Crippen LogP contribution in [-0.2, 0) is 4.74 Å². The molecular formula is C14H19N3O3. The van der Waals surface area contributed by atoms with Crippen LogP contribution in [0.4, 0.5) is 4.79 Å². The highest BCUT2D eigenvalue weighted by Gasteiger charge is 2.25. The molecule has 1 fully saturated rings. The standard InChI is InChI=1S/C14H19N3O3/c1-2-20-14(19)16-12-4-3-9-17(10-12)13(18)11-5-7-15-8-6-11/h5-8,12H,2-4,9-10H2,1H3,(H,16,19)/t12-/m0/s1. The van der Waals surface area contributed by atoms with Crippen molar-refractivity contribution in [1.29, 1.82) is 0 Å². The number of alkyl carbamates (subject to hydrolysis) is 1. The van der Waals surface area contributed by atoms with E-state index in [9.17, 15) is 9.59 Å². The van der Waals surface area contributed by atoms with E-state index in [1.165, 1.54) is 0 Å². The zero-order valence-electron chi connectivity index (χ0n) is 11.5. The fourth-order valence-electron chi connectivity index (χ4n) is 2.30. The van der Waals surface area contributed by atoms with E-state index in [0.29, 0.717) is 25.3 Å². The van der Waals surface area contributed by atoms with Crippen LogP contribution in [0, 0.1) is 0 Å². The molecule has 0 aromatic carbocycles. The number of carbonyl (C=O) groups is 2. The summed E-state index contributed by atoms with van der Waals surface area (Å²) in [5.74, 6) is -0.0252. The van der Waals surface area contributed by atoms with Crippen LogP contribution in [0.15, 0.2) is 24.5 Å². The van der Waals surface area contributed by atoms with E-state index in [4.69, 9.17) is 4.74 Å². The Morgan fingerprint density at radius 2 is 2.20 bits per heavy atom. The first-order valence-corrected chi connectivity index (χ1v) is 6.83. The summed E-state index contributed by atoms with van der Waals surface area (Å²) in [6.07, 6.45) is 4.51. The minimum Gasteiger partial charge on any atom is -0.450 e. The largest absolute Gasteiger partial charge is 0.450 e. The van der Waals surface area contributed by atoms with Crippen molar-refractivity contribution in [3.8, 4) is 0 Å². The first kappa shape index (κ1) is 14.3. The number of piperidine rings is 1. The molecule has 1 N–H and O–H groups in total. The summed E-state index contributed by atoms with van der Waals surface area (Å²) >= 11 is 0. The van der Waals surface area contributed by atoms with Crippen molar-refractivity contribution in [1.82, 2.24) is 15.2 Å². The second-order valence-electron chi connectivity index (χ2n) is 4.69. The molecule has 1 saturated heterocycles. The van der Waals surface area contributed by atoms with Crippen molar-refractivity contribution in [2.75, 3.05) is 19.7 Å². The smallest absolute Gasteiger partial charge is 0.407 e. The number of ether oxygens (including phenoxy) is 1. The molecule has 0 radical (unpaired) electrons. The van der Waals surface area contributed by atoms with Crippen molar-refractivity contribution in [3.63, 3.8) is 0 Å². The van der Waals surface area contributed by atoms with Gasteiger partial charge in [-0.05, 0) is 31.9 Å². The van der Waals surface area contributed by atoms with Crippen LogP contribution >= 0.6 is 0 Å². The number of pyridine rings is 1. The zero-order valence-corrected chi connectivity index (χ0v) is 11.5. The monoisotopic (exact) mass is 277 g/mol. The average Bonchev–Trinajstić information content (AvgIpc) is 2.48. The number of likely N-dealkylation sites (tertiary alicyclic amines) is 1. The Bertz CT molecular complexity index is 464. The lowest BCUT2D eigenvalue weighted by molar-refractivity contribution is 0.0686. The highest BCUT2D eigenvalue weighted by molar-refractivity contribution is 5.94. The Labute approximate surface area is 118 Å². The minimum absolute atomic E-state index is 0.0252. The topological polar surface area (TPSA) is 71.5 Å². The summed E-state index contributed by atoms with van der Waals surface area (Å²) in [5.41, 5.74) is 0.622. The van der Waals surface area contributed by atoms with Crippen molar-refractivity contribution < 1.29 is 14.3 Å². The van der Waals surface area contributed by atoms with E-state index in [-0.39, 0.29) is 11.9 Å². The molecule has 0 spiro atoms. The number of hydrogen-bond acceptors (Lipinski definition) is 4. The van der Waals surface area contributed by atoms with Crippen molar-refractivity contribution in [3.05, 3.63) is 30.1 Å². The molecule has 1 aliphatic rings. The SMILES string of the molecule is CCOC(=O)N[C@H]1CCCN(C(=O)c2ccncc2)C1. The van der Waals surface area contributed by atoms with E-state index in [0.717, 1.165) is 12.8 Å². The predicted molar refractivity (Wildman–Crippen MR) is 73.3 cm³/mol. The van der Waals surface area contributed by atoms with Gasteiger partial charge in [-0.2, -0.15) is 0 Å². The number of aromatic nitrogens is 1.